The second-order valence-corrected chi connectivity index (χ2v) is 4.37. The Balaban J connectivity index is 1.74. The van der Waals surface area contributed by atoms with Crippen molar-refractivity contribution in [2.24, 2.45) is 0 Å². The van der Waals surface area contributed by atoms with E-state index in [-0.39, 0.29) is 5.82 Å². The van der Waals surface area contributed by atoms with E-state index in [1.807, 2.05) is 6.07 Å². The highest BCUT2D eigenvalue weighted by atomic mass is 19.1. The van der Waals surface area contributed by atoms with Gasteiger partial charge < -0.3 is 10.1 Å². The van der Waals surface area contributed by atoms with E-state index >= 15 is 0 Å². The summed E-state index contributed by atoms with van der Waals surface area (Å²) in [6.07, 6.45) is 2.90. The summed E-state index contributed by atoms with van der Waals surface area (Å²) in [5.41, 5.74) is 0.716. The maximum absolute atomic E-state index is 13.3. The Morgan fingerprint density at radius 2 is 2.19 bits per heavy atom. The van der Waals surface area contributed by atoms with Crippen LogP contribution in [-0.4, -0.2) is 18.8 Å². The maximum atomic E-state index is 13.3. The smallest absolute Gasteiger partial charge is 0.127 e. The van der Waals surface area contributed by atoms with Gasteiger partial charge in [0.05, 0.1) is 12.2 Å². The standard InChI is InChI=1S/C13H18FNO/c1-10-6-7-12(16-10)9-15-8-11-4-2-3-5-13(11)14/h2-5,10,12,15H,6-9H2,1H3. The number of nitrogens with one attached hydrogen (secondary N) is 1. The van der Waals surface area contributed by atoms with Gasteiger partial charge in [-0.2, -0.15) is 0 Å². The molecule has 0 amide bonds. The van der Waals surface area contributed by atoms with Crippen LogP contribution in [0.15, 0.2) is 24.3 Å². The van der Waals surface area contributed by atoms with Gasteiger partial charge in [-0.15, -0.1) is 0 Å². The fourth-order valence-electron chi connectivity index (χ4n) is 2.04. The first kappa shape index (κ1) is 11.6. The quantitative estimate of drug-likeness (QED) is 0.846. The Labute approximate surface area is 95.8 Å². The highest BCUT2D eigenvalue weighted by molar-refractivity contribution is 5.16. The highest BCUT2D eigenvalue weighted by Gasteiger charge is 2.20. The molecule has 1 aromatic rings. The molecule has 0 aliphatic carbocycles. The molecule has 0 spiro atoms. The summed E-state index contributed by atoms with van der Waals surface area (Å²) in [7, 11) is 0. The third-order valence-corrected chi connectivity index (χ3v) is 2.97. The monoisotopic (exact) mass is 223 g/mol. The van der Waals surface area contributed by atoms with E-state index in [0.29, 0.717) is 24.3 Å². The second-order valence-electron chi connectivity index (χ2n) is 4.37. The maximum Gasteiger partial charge on any atom is 0.127 e. The highest BCUT2D eigenvalue weighted by Crippen LogP contribution is 2.18. The second kappa shape index (κ2) is 5.41. The van der Waals surface area contributed by atoms with Crippen molar-refractivity contribution in [2.45, 2.75) is 38.5 Å². The summed E-state index contributed by atoms with van der Waals surface area (Å²) in [6.45, 7) is 3.47. The largest absolute Gasteiger partial charge is 0.374 e. The van der Waals surface area contributed by atoms with Gasteiger partial charge >= 0.3 is 0 Å². The van der Waals surface area contributed by atoms with Crippen LogP contribution in [0.2, 0.25) is 0 Å². The molecule has 88 valence electrons. The summed E-state index contributed by atoms with van der Waals surface area (Å²) in [5, 5.41) is 3.24. The molecule has 0 aromatic heterocycles. The summed E-state index contributed by atoms with van der Waals surface area (Å²) >= 11 is 0. The van der Waals surface area contributed by atoms with Gasteiger partial charge in [-0.25, -0.2) is 4.39 Å². The number of benzene rings is 1. The molecule has 0 bridgehead atoms. The van der Waals surface area contributed by atoms with Crippen LogP contribution >= 0.6 is 0 Å². The molecule has 0 radical (unpaired) electrons. The third kappa shape index (κ3) is 3.03. The predicted molar refractivity (Wildman–Crippen MR) is 61.7 cm³/mol. The van der Waals surface area contributed by atoms with Crippen molar-refractivity contribution in [3.8, 4) is 0 Å². The van der Waals surface area contributed by atoms with Gasteiger partial charge in [-0.05, 0) is 25.8 Å². The molecular weight excluding hydrogens is 205 g/mol. The van der Waals surface area contributed by atoms with Crippen LogP contribution in [0.4, 0.5) is 4.39 Å². The van der Waals surface area contributed by atoms with Gasteiger partial charge in [0, 0.05) is 18.7 Å². The number of ether oxygens (including phenoxy) is 1. The SMILES string of the molecule is CC1CCC(CNCc2ccccc2F)O1. The van der Waals surface area contributed by atoms with Crippen LogP contribution in [0.25, 0.3) is 0 Å². The van der Waals surface area contributed by atoms with Gasteiger partial charge in [0.15, 0.2) is 0 Å². The predicted octanol–water partition coefficient (Wildman–Crippen LogP) is 2.48. The van der Waals surface area contributed by atoms with Crippen molar-refractivity contribution >= 4 is 0 Å². The first-order valence-corrected chi connectivity index (χ1v) is 5.85. The molecule has 2 unspecified atom stereocenters. The third-order valence-electron chi connectivity index (χ3n) is 2.97. The van der Waals surface area contributed by atoms with Crippen LogP contribution in [0.3, 0.4) is 0 Å². The summed E-state index contributed by atoms with van der Waals surface area (Å²) in [4.78, 5) is 0. The molecule has 1 heterocycles. The molecule has 3 heteroatoms. The lowest BCUT2D eigenvalue weighted by atomic mass is 10.2. The zero-order valence-corrected chi connectivity index (χ0v) is 9.58. The van der Waals surface area contributed by atoms with E-state index in [2.05, 4.69) is 12.2 Å². The Morgan fingerprint density at radius 1 is 1.38 bits per heavy atom. The minimum atomic E-state index is -0.143. The van der Waals surface area contributed by atoms with E-state index in [1.54, 1.807) is 12.1 Å². The minimum Gasteiger partial charge on any atom is -0.374 e. The summed E-state index contributed by atoms with van der Waals surface area (Å²) in [6, 6.07) is 6.86. The van der Waals surface area contributed by atoms with E-state index in [1.165, 1.54) is 6.07 Å². The van der Waals surface area contributed by atoms with Crippen LogP contribution in [0.1, 0.15) is 25.3 Å². The Morgan fingerprint density at radius 3 is 2.88 bits per heavy atom. The Kier molecular flexibility index (Phi) is 3.91. The normalized spacial score (nSPS) is 24.9. The van der Waals surface area contributed by atoms with Gasteiger partial charge in [-0.1, -0.05) is 18.2 Å². The first-order valence-electron chi connectivity index (χ1n) is 5.85. The average molecular weight is 223 g/mol. The molecule has 2 atom stereocenters. The Bertz CT molecular complexity index is 342. The van der Waals surface area contributed by atoms with Gasteiger partial charge in [0.2, 0.25) is 0 Å². The summed E-state index contributed by atoms with van der Waals surface area (Å²) in [5.74, 6) is -0.143. The number of hydrogen-bond acceptors (Lipinski definition) is 2. The fourth-order valence-corrected chi connectivity index (χ4v) is 2.04. The van der Waals surface area contributed by atoms with Crippen LogP contribution in [0, 0.1) is 5.82 Å². The van der Waals surface area contributed by atoms with E-state index < -0.39 is 0 Å². The van der Waals surface area contributed by atoms with Crippen molar-refractivity contribution in [2.75, 3.05) is 6.54 Å². The van der Waals surface area contributed by atoms with E-state index in [9.17, 15) is 4.39 Å². The molecule has 1 fully saturated rings. The molecule has 1 N–H and O–H groups in total. The molecular formula is C13H18FNO. The number of halogens is 1. The zero-order chi connectivity index (χ0) is 11.4. The zero-order valence-electron chi connectivity index (χ0n) is 9.58. The molecule has 2 rings (SSSR count). The molecule has 1 aliphatic rings. The minimum absolute atomic E-state index is 0.143. The summed E-state index contributed by atoms with van der Waals surface area (Å²) < 4.78 is 19.0. The van der Waals surface area contributed by atoms with Crippen LogP contribution < -0.4 is 5.32 Å². The molecule has 16 heavy (non-hydrogen) atoms. The molecule has 1 aliphatic heterocycles. The number of rotatable bonds is 4. The van der Waals surface area contributed by atoms with Gasteiger partial charge in [0.25, 0.3) is 0 Å². The topological polar surface area (TPSA) is 21.3 Å². The molecule has 1 saturated heterocycles. The van der Waals surface area contributed by atoms with Gasteiger partial charge in [0.1, 0.15) is 5.82 Å². The molecule has 2 nitrogen and oxygen atoms in total. The Hall–Kier alpha value is -0.930. The van der Waals surface area contributed by atoms with E-state index in [4.69, 9.17) is 4.74 Å². The van der Waals surface area contributed by atoms with Gasteiger partial charge in [-0.3, -0.25) is 0 Å². The molecule has 1 aromatic carbocycles. The number of hydrogen-bond donors (Lipinski definition) is 1. The lowest BCUT2D eigenvalue weighted by molar-refractivity contribution is 0.0558. The van der Waals surface area contributed by atoms with Crippen molar-refractivity contribution in [1.82, 2.24) is 5.32 Å². The van der Waals surface area contributed by atoms with Crippen molar-refractivity contribution in [3.63, 3.8) is 0 Å². The average Bonchev–Trinajstić information content (AvgIpc) is 2.67. The van der Waals surface area contributed by atoms with Crippen molar-refractivity contribution < 1.29 is 9.13 Å². The lowest BCUT2D eigenvalue weighted by Gasteiger charge is -2.12. The fraction of sp³-hybridized carbons (Fsp3) is 0.538. The van der Waals surface area contributed by atoms with Crippen molar-refractivity contribution in [3.05, 3.63) is 35.6 Å². The van der Waals surface area contributed by atoms with Crippen molar-refractivity contribution in [1.29, 1.82) is 0 Å². The van der Waals surface area contributed by atoms with Crippen LogP contribution in [-0.2, 0) is 11.3 Å². The lowest BCUT2D eigenvalue weighted by Crippen LogP contribution is -2.26. The first-order chi connectivity index (χ1) is 7.75. The van der Waals surface area contributed by atoms with Crippen LogP contribution in [0.5, 0.6) is 0 Å². The van der Waals surface area contributed by atoms with E-state index in [0.717, 1.165) is 19.4 Å². The molecule has 0 saturated carbocycles.